The van der Waals surface area contributed by atoms with E-state index in [1.54, 1.807) is 6.07 Å². The molecular weight excluding hydrogens is 257 g/mol. The largest absolute Gasteiger partial charge is 0.392 e. The van der Waals surface area contributed by atoms with Gasteiger partial charge in [0.2, 0.25) is 0 Å². The zero-order chi connectivity index (χ0) is 12.4. The van der Waals surface area contributed by atoms with Crippen LogP contribution in [0.25, 0.3) is 0 Å². The summed E-state index contributed by atoms with van der Waals surface area (Å²) in [5.74, 6) is 0.395. The van der Waals surface area contributed by atoms with E-state index in [4.69, 9.17) is 23.2 Å². The molecule has 0 aliphatic carbocycles. The number of halogens is 2. The summed E-state index contributed by atoms with van der Waals surface area (Å²) in [5.41, 5.74) is 1.07. The molecule has 2 nitrogen and oxygen atoms in total. The molecule has 2 atom stereocenters. The van der Waals surface area contributed by atoms with Gasteiger partial charge in [-0.25, -0.2) is 0 Å². The average molecular weight is 274 g/mol. The quantitative estimate of drug-likeness (QED) is 0.895. The molecule has 94 valence electrons. The van der Waals surface area contributed by atoms with E-state index in [1.807, 2.05) is 12.1 Å². The van der Waals surface area contributed by atoms with Crippen molar-refractivity contribution in [2.24, 2.45) is 5.92 Å². The molecule has 1 aliphatic heterocycles. The van der Waals surface area contributed by atoms with E-state index in [9.17, 15) is 5.11 Å². The predicted octanol–water partition coefficient (Wildman–Crippen LogP) is 3.20. The highest BCUT2D eigenvalue weighted by Crippen LogP contribution is 2.24. The lowest BCUT2D eigenvalue weighted by atomic mass is 9.96. The lowest BCUT2D eigenvalue weighted by Crippen LogP contribution is -2.42. The fourth-order valence-corrected chi connectivity index (χ4v) is 2.62. The maximum Gasteiger partial charge on any atom is 0.0693 e. The van der Waals surface area contributed by atoms with Crippen LogP contribution in [-0.4, -0.2) is 29.2 Å². The number of hydrogen-bond donors (Lipinski definition) is 1. The summed E-state index contributed by atoms with van der Waals surface area (Å²) < 4.78 is 0. The van der Waals surface area contributed by atoms with Crippen molar-refractivity contribution in [1.29, 1.82) is 0 Å². The van der Waals surface area contributed by atoms with Crippen molar-refractivity contribution in [2.75, 3.05) is 13.1 Å². The summed E-state index contributed by atoms with van der Waals surface area (Å²) in [7, 11) is 0. The zero-order valence-corrected chi connectivity index (χ0v) is 11.4. The van der Waals surface area contributed by atoms with Crippen LogP contribution in [0.3, 0.4) is 0 Å². The van der Waals surface area contributed by atoms with E-state index in [0.717, 1.165) is 31.6 Å². The van der Waals surface area contributed by atoms with Crippen LogP contribution in [0.15, 0.2) is 18.2 Å². The van der Waals surface area contributed by atoms with Gasteiger partial charge in [0.1, 0.15) is 0 Å². The molecule has 0 saturated carbocycles. The SMILES string of the molecule is CC1CCN(Cc2ccc(Cl)cc2Cl)CC1O. The summed E-state index contributed by atoms with van der Waals surface area (Å²) >= 11 is 12.0. The van der Waals surface area contributed by atoms with Gasteiger partial charge in [-0.15, -0.1) is 0 Å². The molecule has 2 rings (SSSR count). The molecule has 0 amide bonds. The van der Waals surface area contributed by atoms with Gasteiger partial charge >= 0.3 is 0 Å². The number of aliphatic hydroxyl groups excluding tert-OH is 1. The molecule has 1 aliphatic rings. The maximum atomic E-state index is 9.84. The molecule has 0 bridgehead atoms. The molecule has 0 aromatic heterocycles. The molecule has 2 unspecified atom stereocenters. The highest BCUT2D eigenvalue weighted by atomic mass is 35.5. The topological polar surface area (TPSA) is 23.5 Å². The lowest BCUT2D eigenvalue weighted by Gasteiger charge is -2.34. The van der Waals surface area contributed by atoms with Crippen LogP contribution in [0.5, 0.6) is 0 Å². The van der Waals surface area contributed by atoms with Crippen LogP contribution < -0.4 is 0 Å². The molecule has 1 heterocycles. The van der Waals surface area contributed by atoms with Crippen LogP contribution in [0.2, 0.25) is 10.0 Å². The summed E-state index contributed by atoms with van der Waals surface area (Å²) in [5, 5.41) is 11.2. The fourth-order valence-electron chi connectivity index (χ4n) is 2.15. The Kier molecular flexibility index (Phi) is 4.31. The highest BCUT2D eigenvalue weighted by Gasteiger charge is 2.24. The van der Waals surface area contributed by atoms with Gasteiger partial charge in [0.25, 0.3) is 0 Å². The fraction of sp³-hybridized carbons (Fsp3) is 0.538. The standard InChI is InChI=1S/C13H17Cl2NO/c1-9-4-5-16(8-13(9)17)7-10-2-3-11(14)6-12(10)15/h2-3,6,9,13,17H,4-5,7-8H2,1H3. The summed E-state index contributed by atoms with van der Waals surface area (Å²) in [6.45, 7) is 4.61. The molecular formula is C13H17Cl2NO. The van der Waals surface area contributed by atoms with Crippen molar-refractivity contribution in [3.63, 3.8) is 0 Å². The minimum absolute atomic E-state index is 0.227. The van der Waals surface area contributed by atoms with E-state index in [0.29, 0.717) is 16.0 Å². The van der Waals surface area contributed by atoms with Gasteiger partial charge in [0, 0.05) is 23.1 Å². The highest BCUT2D eigenvalue weighted by molar-refractivity contribution is 6.35. The first-order valence-electron chi connectivity index (χ1n) is 5.90. The third-order valence-electron chi connectivity index (χ3n) is 3.41. The van der Waals surface area contributed by atoms with Crippen molar-refractivity contribution < 1.29 is 5.11 Å². The average Bonchev–Trinajstić information content (AvgIpc) is 2.27. The molecule has 1 aromatic carbocycles. The van der Waals surface area contributed by atoms with Gasteiger partial charge in [0.05, 0.1) is 6.10 Å². The van der Waals surface area contributed by atoms with Crippen LogP contribution in [0.1, 0.15) is 18.9 Å². The predicted molar refractivity (Wildman–Crippen MR) is 71.5 cm³/mol. The number of rotatable bonds is 2. The summed E-state index contributed by atoms with van der Waals surface area (Å²) in [6.07, 6.45) is 0.807. The molecule has 4 heteroatoms. The lowest BCUT2D eigenvalue weighted by molar-refractivity contribution is 0.0259. The van der Waals surface area contributed by atoms with Crippen molar-refractivity contribution in [2.45, 2.75) is 26.0 Å². The summed E-state index contributed by atoms with van der Waals surface area (Å²) in [6, 6.07) is 5.57. The van der Waals surface area contributed by atoms with E-state index in [1.165, 1.54) is 0 Å². The minimum Gasteiger partial charge on any atom is -0.392 e. The normalized spacial score (nSPS) is 26.1. The van der Waals surface area contributed by atoms with Gasteiger partial charge < -0.3 is 5.11 Å². The van der Waals surface area contributed by atoms with E-state index < -0.39 is 0 Å². The minimum atomic E-state index is -0.227. The zero-order valence-electron chi connectivity index (χ0n) is 9.87. The van der Waals surface area contributed by atoms with E-state index >= 15 is 0 Å². The number of piperidine rings is 1. The maximum absolute atomic E-state index is 9.84. The second-order valence-electron chi connectivity index (χ2n) is 4.80. The monoisotopic (exact) mass is 273 g/mol. The Labute approximate surface area is 112 Å². The third-order valence-corrected chi connectivity index (χ3v) is 4.00. The van der Waals surface area contributed by atoms with Crippen molar-refractivity contribution in [3.05, 3.63) is 33.8 Å². The molecule has 0 spiro atoms. The first-order valence-corrected chi connectivity index (χ1v) is 6.66. The number of hydrogen-bond acceptors (Lipinski definition) is 2. The van der Waals surface area contributed by atoms with Gasteiger partial charge in [0.15, 0.2) is 0 Å². The Bertz CT molecular complexity index is 397. The molecule has 1 fully saturated rings. The van der Waals surface area contributed by atoms with Crippen molar-refractivity contribution in [1.82, 2.24) is 4.90 Å². The Morgan fingerprint density at radius 1 is 1.41 bits per heavy atom. The van der Waals surface area contributed by atoms with Crippen LogP contribution in [-0.2, 0) is 6.54 Å². The first-order chi connectivity index (χ1) is 8.06. The smallest absolute Gasteiger partial charge is 0.0693 e. The number of likely N-dealkylation sites (tertiary alicyclic amines) is 1. The molecule has 1 aromatic rings. The number of aliphatic hydroxyl groups is 1. The second kappa shape index (κ2) is 5.57. The summed E-state index contributed by atoms with van der Waals surface area (Å²) in [4.78, 5) is 2.24. The third kappa shape index (κ3) is 3.35. The Hall–Kier alpha value is -0.280. The molecule has 1 N–H and O–H groups in total. The first kappa shape index (κ1) is 13.2. The Balaban J connectivity index is 2.01. The van der Waals surface area contributed by atoms with Gasteiger partial charge in [-0.2, -0.15) is 0 Å². The van der Waals surface area contributed by atoms with Gasteiger partial charge in [-0.05, 0) is 36.6 Å². The van der Waals surface area contributed by atoms with Crippen LogP contribution >= 0.6 is 23.2 Å². The number of β-amino-alcohol motifs (C(OH)–C–C–N with tert-alkyl or cyclic N) is 1. The second-order valence-corrected chi connectivity index (χ2v) is 5.65. The Morgan fingerprint density at radius 2 is 2.18 bits per heavy atom. The van der Waals surface area contributed by atoms with Gasteiger partial charge in [-0.3, -0.25) is 4.90 Å². The molecule has 1 saturated heterocycles. The van der Waals surface area contributed by atoms with E-state index in [-0.39, 0.29) is 6.10 Å². The Morgan fingerprint density at radius 3 is 2.82 bits per heavy atom. The van der Waals surface area contributed by atoms with E-state index in [2.05, 4.69) is 11.8 Å². The number of nitrogens with zero attached hydrogens (tertiary/aromatic N) is 1. The van der Waals surface area contributed by atoms with Crippen molar-refractivity contribution >= 4 is 23.2 Å². The number of benzene rings is 1. The van der Waals surface area contributed by atoms with Crippen LogP contribution in [0.4, 0.5) is 0 Å². The van der Waals surface area contributed by atoms with Crippen LogP contribution in [0, 0.1) is 5.92 Å². The molecule has 0 radical (unpaired) electrons. The van der Waals surface area contributed by atoms with Gasteiger partial charge in [-0.1, -0.05) is 36.2 Å². The molecule has 17 heavy (non-hydrogen) atoms. The van der Waals surface area contributed by atoms with Crippen molar-refractivity contribution in [3.8, 4) is 0 Å².